The number of pyridine rings is 2. The molecule has 0 aliphatic heterocycles. The van der Waals surface area contributed by atoms with Crippen LogP contribution in [0.15, 0.2) is 73.3 Å². The van der Waals surface area contributed by atoms with Crippen LogP contribution in [0.2, 0.25) is 0 Å². The Morgan fingerprint density at radius 2 is 0.962 bits per heavy atom. The van der Waals surface area contributed by atoms with Crippen molar-refractivity contribution in [1.82, 2.24) is 20.6 Å². The standard InChI is InChI=1S/2C20H21F3N2O/c2*1-3-18(26)25-19-12(2)4-9-15-16(10-24-11-17(15)19)13-5-7-14(8-6-13)20(21,22)23/h2*5-8,10-12,19H,3-4,9H2,1-2H3,(H,25,26)/t2*12-,19+/m10/s1. The number of rotatable bonds is 6. The molecule has 2 aromatic carbocycles. The first-order valence-corrected chi connectivity index (χ1v) is 17.5. The molecule has 2 N–H and O–H groups in total. The summed E-state index contributed by atoms with van der Waals surface area (Å²) in [5.74, 6) is 0.523. The highest BCUT2D eigenvalue weighted by molar-refractivity contribution is 5.77. The molecule has 2 aromatic heterocycles. The Balaban J connectivity index is 0.000000201. The molecule has 4 atom stereocenters. The molecule has 2 aliphatic carbocycles. The lowest BCUT2D eigenvalue weighted by Crippen LogP contribution is -2.35. The van der Waals surface area contributed by atoms with E-state index in [4.69, 9.17) is 0 Å². The second-order valence-corrected chi connectivity index (χ2v) is 13.5. The van der Waals surface area contributed by atoms with Gasteiger partial charge in [0, 0.05) is 48.8 Å². The summed E-state index contributed by atoms with van der Waals surface area (Å²) in [6.45, 7) is 7.80. The van der Waals surface area contributed by atoms with Crippen LogP contribution in [0.25, 0.3) is 22.3 Å². The van der Waals surface area contributed by atoms with Crippen LogP contribution in [0, 0.1) is 11.8 Å². The molecule has 0 bridgehead atoms. The SMILES string of the molecule is CCC(=O)N[C@@H]1c2cncc(-c3ccc(C(F)(F)F)cc3)c2CC[C@H]1C.CCC(=O)N[C@H]1c2cncc(-c3ccc(C(F)(F)F)cc3)c2CC[C@@H]1C. The minimum atomic E-state index is -4.35. The average molecular weight is 725 g/mol. The molecule has 0 saturated heterocycles. The quantitative estimate of drug-likeness (QED) is 0.194. The minimum Gasteiger partial charge on any atom is -0.349 e. The van der Waals surface area contributed by atoms with Crippen LogP contribution >= 0.6 is 0 Å². The number of nitrogens with one attached hydrogen (secondary N) is 2. The van der Waals surface area contributed by atoms with E-state index in [1.165, 1.54) is 24.3 Å². The number of halogens is 6. The van der Waals surface area contributed by atoms with E-state index in [1.54, 1.807) is 38.6 Å². The van der Waals surface area contributed by atoms with Crippen LogP contribution in [-0.2, 0) is 34.8 Å². The number of hydrogen-bond donors (Lipinski definition) is 2. The van der Waals surface area contributed by atoms with Crippen LogP contribution in [-0.4, -0.2) is 21.8 Å². The molecule has 0 fully saturated rings. The summed E-state index contributed by atoms with van der Waals surface area (Å²) < 4.78 is 76.8. The second-order valence-electron chi connectivity index (χ2n) is 13.5. The number of carbonyl (C=O) groups is 2. The van der Waals surface area contributed by atoms with Gasteiger partial charge in [-0.1, -0.05) is 52.0 Å². The summed E-state index contributed by atoms with van der Waals surface area (Å²) in [7, 11) is 0. The highest BCUT2D eigenvalue weighted by Crippen LogP contribution is 2.41. The summed E-state index contributed by atoms with van der Waals surface area (Å²) in [5, 5.41) is 6.11. The van der Waals surface area contributed by atoms with Crippen LogP contribution in [0.4, 0.5) is 26.3 Å². The van der Waals surface area contributed by atoms with Gasteiger partial charge in [0.25, 0.3) is 0 Å². The maximum absolute atomic E-state index is 12.8. The van der Waals surface area contributed by atoms with Gasteiger partial charge in [0.15, 0.2) is 0 Å². The summed E-state index contributed by atoms with van der Waals surface area (Å²) >= 11 is 0. The van der Waals surface area contributed by atoms with E-state index in [0.717, 1.165) is 83.3 Å². The van der Waals surface area contributed by atoms with Crippen molar-refractivity contribution >= 4 is 11.8 Å². The molecule has 6 rings (SSSR count). The molecule has 2 aliphatic rings. The smallest absolute Gasteiger partial charge is 0.349 e. The zero-order chi connectivity index (χ0) is 37.8. The third-order valence-electron chi connectivity index (χ3n) is 10.0. The molecule has 52 heavy (non-hydrogen) atoms. The van der Waals surface area contributed by atoms with E-state index in [2.05, 4.69) is 34.4 Å². The Labute approximate surface area is 299 Å². The van der Waals surface area contributed by atoms with E-state index in [0.29, 0.717) is 24.0 Å². The number of hydrogen-bond acceptors (Lipinski definition) is 4. The van der Waals surface area contributed by atoms with Crippen LogP contribution in [0.1, 0.15) is 98.8 Å². The number of benzene rings is 2. The van der Waals surface area contributed by atoms with Crippen molar-refractivity contribution in [3.8, 4) is 22.3 Å². The molecule has 0 saturated carbocycles. The topological polar surface area (TPSA) is 84.0 Å². The first-order chi connectivity index (χ1) is 24.6. The fourth-order valence-electron chi connectivity index (χ4n) is 6.96. The summed E-state index contributed by atoms with van der Waals surface area (Å²) in [6.07, 6.45) is 2.45. The van der Waals surface area contributed by atoms with Crippen molar-refractivity contribution in [2.45, 2.75) is 90.7 Å². The predicted octanol–water partition coefficient (Wildman–Crippen LogP) is 9.83. The minimum absolute atomic E-state index is 0.0189. The van der Waals surface area contributed by atoms with Gasteiger partial charge in [-0.3, -0.25) is 19.6 Å². The van der Waals surface area contributed by atoms with E-state index in [9.17, 15) is 35.9 Å². The maximum Gasteiger partial charge on any atom is 0.416 e. The molecular formula is C40H42F6N4O2. The summed E-state index contributed by atoms with van der Waals surface area (Å²) in [5.41, 5.74) is 5.78. The van der Waals surface area contributed by atoms with Crippen molar-refractivity contribution in [2.24, 2.45) is 11.8 Å². The van der Waals surface area contributed by atoms with Crippen molar-refractivity contribution in [1.29, 1.82) is 0 Å². The number of amides is 2. The van der Waals surface area contributed by atoms with Crippen molar-refractivity contribution in [3.63, 3.8) is 0 Å². The van der Waals surface area contributed by atoms with Crippen molar-refractivity contribution in [3.05, 3.63) is 107 Å². The lowest BCUT2D eigenvalue weighted by molar-refractivity contribution is -0.138. The molecular weight excluding hydrogens is 682 g/mol. The van der Waals surface area contributed by atoms with Gasteiger partial charge >= 0.3 is 12.4 Å². The molecule has 276 valence electrons. The monoisotopic (exact) mass is 724 g/mol. The van der Waals surface area contributed by atoms with Gasteiger partial charge < -0.3 is 10.6 Å². The Morgan fingerprint density at radius 3 is 1.27 bits per heavy atom. The Bertz CT molecular complexity index is 1740. The number of carbonyl (C=O) groups excluding carboxylic acids is 2. The highest BCUT2D eigenvalue weighted by Gasteiger charge is 2.33. The van der Waals surface area contributed by atoms with E-state index >= 15 is 0 Å². The van der Waals surface area contributed by atoms with Crippen LogP contribution in [0.5, 0.6) is 0 Å². The van der Waals surface area contributed by atoms with Gasteiger partial charge in [-0.05, 0) is 95.2 Å². The first kappa shape index (κ1) is 38.5. The molecule has 4 aromatic rings. The first-order valence-electron chi connectivity index (χ1n) is 17.5. The Kier molecular flexibility index (Phi) is 11.8. The van der Waals surface area contributed by atoms with E-state index in [1.807, 2.05) is 0 Å². The zero-order valence-electron chi connectivity index (χ0n) is 29.5. The number of aromatic nitrogens is 2. The van der Waals surface area contributed by atoms with Gasteiger partial charge in [0.1, 0.15) is 0 Å². The largest absolute Gasteiger partial charge is 0.416 e. The second kappa shape index (κ2) is 15.9. The fraction of sp³-hybridized carbons (Fsp3) is 0.400. The predicted molar refractivity (Wildman–Crippen MR) is 187 cm³/mol. The highest BCUT2D eigenvalue weighted by atomic mass is 19.4. The summed E-state index contributed by atoms with van der Waals surface area (Å²) in [6, 6.07) is 10.1. The maximum atomic E-state index is 12.8. The molecule has 0 spiro atoms. The third kappa shape index (κ3) is 8.65. The molecule has 0 unspecified atom stereocenters. The fourth-order valence-corrected chi connectivity index (χ4v) is 6.96. The molecule has 0 radical (unpaired) electrons. The van der Waals surface area contributed by atoms with Crippen molar-refractivity contribution < 1.29 is 35.9 Å². The van der Waals surface area contributed by atoms with Gasteiger partial charge in [-0.25, -0.2) is 0 Å². The van der Waals surface area contributed by atoms with Crippen LogP contribution < -0.4 is 10.6 Å². The Hall–Kier alpha value is -4.74. The normalized spacial score (nSPS) is 19.7. The number of fused-ring (bicyclic) bond motifs is 2. The van der Waals surface area contributed by atoms with Gasteiger partial charge in [0.2, 0.25) is 11.8 Å². The third-order valence-corrected chi connectivity index (χ3v) is 10.0. The number of nitrogens with zero attached hydrogens (tertiary/aromatic N) is 2. The zero-order valence-corrected chi connectivity index (χ0v) is 29.5. The van der Waals surface area contributed by atoms with E-state index < -0.39 is 23.5 Å². The van der Waals surface area contributed by atoms with E-state index in [-0.39, 0.29) is 35.7 Å². The van der Waals surface area contributed by atoms with Gasteiger partial charge in [0.05, 0.1) is 23.2 Å². The summed E-state index contributed by atoms with van der Waals surface area (Å²) in [4.78, 5) is 32.3. The lowest BCUT2D eigenvalue weighted by atomic mass is 9.79. The Morgan fingerprint density at radius 1 is 0.615 bits per heavy atom. The molecule has 6 nitrogen and oxygen atoms in total. The molecule has 2 heterocycles. The molecule has 2 amide bonds. The van der Waals surface area contributed by atoms with Gasteiger partial charge in [-0.2, -0.15) is 26.3 Å². The average Bonchev–Trinajstić information content (AvgIpc) is 3.13. The van der Waals surface area contributed by atoms with Crippen molar-refractivity contribution in [2.75, 3.05) is 0 Å². The lowest BCUT2D eigenvalue weighted by Gasteiger charge is -2.33. The number of alkyl halides is 6. The van der Waals surface area contributed by atoms with Gasteiger partial charge in [-0.15, -0.1) is 0 Å². The van der Waals surface area contributed by atoms with Crippen LogP contribution in [0.3, 0.4) is 0 Å². The molecule has 12 heteroatoms.